The first kappa shape index (κ1) is 14.4. The zero-order chi connectivity index (χ0) is 13.1. The van der Waals surface area contributed by atoms with Gasteiger partial charge in [-0.15, -0.1) is 0 Å². The lowest BCUT2D eigenvalue weighted by Crippen LogP contribution is -2.27. The van der Waals surface area contributed by atoms with Crippen LogP contribution in [0.25, 0.3) is 0 Å². The van der Waals surface area contributed by atoms with E-state index in [1.54, 1.807) is 0 Å². The predicted octanol–water partition coefficient (Wildman–Crippen LogP) is 3.64. The molecule has 0 aliphatic carbocycles. The van der Waals surface area contributed by atoms with Crippen molar-refractivity contribution in [3.05, 3.63) is 18.0 Å². The zero-order valence-electron chi connectivity index (χ0n) is 9.96. The minimum Gasteiger partial charge on any atom is -0.272 e. The summed E-state index contributed by atoms with van der Waals surface area (Å²) in [6.07, 6.45) is -0.652. The molecule has 1 rings (SSSR count). The topological polar surface area (TPSA) is 17.8 Å². The summed E-state index contributed by atoms with van der Waals surface area (Å²) in [6.45, 7) is 4.52. The molecular formula is C11H17F3N2S. The molecule has 0 atom stereocenters. The average molecular weight is 266 g/mol. The van der Waals surface area contributed by atoms with Crippen molar-refractivity contribution in [2.75, 3.05) is 5.75 Å². The molecule has 0 spiro atoms. The van der Waals surface area contributed by atoms with Crippen molar-refractivity contribution in [1.29, 1.82) is 0 Å². The van der Waals surface area contributed by atoms with Gasteiger partial charge in [0.15, 0.2) is 0 Å². The van der Waals surface area contributed by atoms with Crippen LogP contribution in [0.2, 0.25) is 0 Å². The second-order valence-electron chi connectivity index (χ2n) is 4.29. The van der Waals surface area contributed by atoms with Crippen molar-refractivity contribution in [3.8, 4) is 0 Å². The highest BCUT2D eigenvalue weighted by molar-refractivity contribution is 7.80. The van der Waals surface area contributed by atoms with Crippen LogP contribution in [0.4, 0.5) is 13.2 Å². The van der Waals surface area contributed by atoms with Gasteiger partial charge in [0.1, 0.15) is 0 Å². The van der Waals surface area contributed by atoms with Gasteiger partial charge in [-0.05, 0) is 24.0 Å². The van der Waals surface area contributed by atoms with Gasteiger partial charge in [0, 0.05) is 12.7 Å². The first-order chi connectivity index (χ1) is 7.87. The number of aromatic nitrogens is 2. The van der Waals surface area contributed by atoms with Crippen LogP contribution in [0.3, 0.4) is 0 Å². The van der Waals surface area contributed by atoms with Gasteiger partial charge in [0.05, 0.1) is 11.8 Å². The van der Waals surface area contributed by atoms with E-state index in [0.29, 0.717) is 12.3 Å². The molecule has 0 aromatic carbocycles. The molecule has 2 nitrogen and oxygen atoms in total. The van der Waals surface area contributed by atoms with Crippen molar-refractivity contribution in [2.24, 2.45) is 5.41 Å². The first-order valence-corrected chi connectivity index (χ1v) is 6.20. The van der Waals surface area contributed by atoms with Gasteiger partial charge in [0.2, 0.25) is 0 Å². The standard InChI is InChI=1S/C11H17F3N2S/c1-3-10(4-2,8-17)7-16-6-9(5-15-16)11(12,13)14/h5-6,17H,3-4,7-8H2,1-2H3. The van der Waals surface area contributed by atoms with Crippen LogP contribution >= 0.6 is 12.6 Å². The second kappa shape index (κ2) is 5.33. The number of hydrogen-bond acceptors (Lipinski definition) is 2. The predicted molar refractivity (Wildman–Crippen MR) is 64.1 cm³/mol. The number of hydrogen-bond donors (Lipinski definition) is 1. The Hall–Kier alpha value is -0.650. The minimum absolute atomic E-state index is 0.0853. The molecule has 6 heteroatoms. The molecule has 0 radical (unpaired) electrons. The zero-order valence-corrected chi connectivity index (χ0v) is 10.9. The fourth-order valence-corrected chi connectivity index (χ4v) is 2.23. The van der Waals surface area contributed by atoms with Crippen molar-refractivity contribution in [1.82, 2.24) is 9.78 Å². The molecule has 0 unspecified atom stereocenters. The molecule has 1 aromatic rings. The number of halogens is 3. The molecule has 0 saturated carbocycles. The third-order valence-corrected chi connectivity index (χ3v) is 3.96. The highest BCUT2D eigenvalue weighted by Gasteiger charge is 2.33. The summed E-state index contributed by atoms with van der Waals surface area (Å²) >= 11 is 4.29. The summed E-state index contributed by atoms with van der Waals surface area (Å²) in [5.74, 6) is 0.640. The Morgan fingerprint density at radius 3 is 2.24 bits per heavy atom. The smallest absolute Gasteiger partial charge is 0.272 e. The molecule has 0 bridgehead atoms. The lowest BCUT2D eigenvalue weighted by atomic mass is 9.84. The van der Waals surface area contributed by atoms with Crippen LogP contribution in [-0.4, -0.2) is 15.5 Å². The summed E-state index contributed by atoms with van der Waals surface area (Å²) in [5.41, 5.74) is -0.782. The first-order valence-electron chi connectivity index (χ1n) is 5.57. The summed E-state index contributed by atoms with van der Waals surface area (Å²) < 4.78 is 38.6. The summed E-state index contributed by atoms with van der Waals surface area (Å²) in [7, 11) is 0. The highest BCUT2D eigenvalue weighted by Crippen LogP contribution is 2.32. The summed E-state index contributed by atoms with van der Waals surface area (Å²) in [6, 6.07) is 0. The number of nitrogens with zero attached hydrogens (tertiary/aromatic N) is 2. The van der Waals surface area contributed by atoms with Gasteiger partial charge in [-0.1, -0.05) is 13.8 Å². The van der Waals surface area contributed by atoms with E-state index in [1.165, 1.54) is 4.68 Å². The molecule has 0 saturated heterocycles. The Morgan fingerprint density at radius 2 is 1.88 bits per heavy atom. The molecule has 1 aromatic heterocycles. The highest BCUT2D eigenvalue weighted by atomic mass is 32.1. The quantitative estimate of drug-likeness (QED) is 0.806. The Balaban J connectivity index is 2.85. The van der Waals surface area contributed by atoms with Crippen molar-refractivity contribution >= 4 is 12.6 Å². The van der Waals surface area contributed by atoms with Crippen LogP contribution in [-0.2, 0) is 12.7 Å². The molecule has 0 aliphatic rings. The maximum atomic E-state index is 12.4. The minimum atomic E-state index is -4.32. The number of thiol groups is 1. The SMILES string of the molecule is CCC(CC)(CS)Cn1cc(C(F)(F)F)cn1. The normalized spacial score (nSPS) is 13.1. The van der Waals surface area contributed by atoms with Crippen LogP contribution < -0.4 is 0 Å². The Labute approximate surface area is 105 Å². The van der Waals surface area contributed by atoms with Gasteiger partial charge >= 0.3 is 6.18 Å². The fourth-order valence-electron chi connectivity index (χ4n) is 1.69. The van der Waals surface area contributed by atoms with Gasteiger partial charge < -0.3 is 0 Å². The molecular weight excluding hydrogens is 249 g/mol. The summed E-state index contributed by atoms with van der Waals surface area (Å²) in [4.78, 5) is 0. The largest absolute Gasteiger partial charge is 0.419 e. The van der Waals surface area contributed by atoms with E-state index in [1.807, 2.05) is 13.8 Å². The molecule has 1 heterocycles. The molecule has 0 N–H and O–H groups in total. The maximum Gasteiger partial charge on any atom is 0.419 e. The fraction of sp³-hybridized carbons (Fsp3) is 0.727. The third-order valence-electron chi connectivity index (χ3n) is 3.29. The van der Waals surface area contributed by atoms with E-state index in [0.717, 1.165) is 25.2 Å². The van der Waals surface area contributed by atoms with Crippen LogP contribution in [0, 0.1) is 5.41 Å². The lowest BCUT2D eigenvalue weighted by molar-refractivity contribution is -0.137. The number of alkyl halides is 3. The van der Waals surface area contributed by atoms with E-state index in [-0.39, 0.29) is 5.41 Å². The van der Waals surface area contributed by atoms with Crippen molar-refractivity contribution in [3.63, 3.8) is 0 Å². The third kappa shape index (κ3) is 3.40. The van der Waals surface area contributed by atoms with Gasteiger partial charge in [-0.2, -0.15) is 30.9 Å². The van der Waals surface area contributed by atoms with Gasteiger partial charge in [0.25, 0.3) is 0 Å². The van der Waals surface area contributed by atoms with Crippen molar-refractivity contribution in [2.45, 2.75) is 39.4 Å². The molecule has 0 aliphatic heterocycles. The van der Waals surface area contributed by atoms with E-state index >= 15 is 0 Å². The van der Waals surface area contributed by atoms with Gasteiger partial charge in [-0.3, -0.25) is 4.68 Å². The Morgan fingerprint density at radius 1 is 1.29 bits per heavy atom. The van der Waals surface area contributed by atoms with Crippen molar-refractivity contribution < 1.29 is 13.2 Å². The summed E-state index contributed by atoms with van der Waals surface area (Å²) in [5, 5.41) is 3.77. The average Bonchev–Trinajstić information content (AvgIpc) is 2.74. The lowest BCUT2D eigenvalue weighted by Gasteiger charge is -2.29. The molecule has 0 amide bonds. The maximum absolute atomic E-state index is 12.4. The van der Waals surface area contributed by atoms with E-state index < -0.39 is 11.7 Å². The van der Waals surface area contributed by atoms with Crippen LogP contribution in [0.15, 0.2) is 12.4 Å². The van der Waals surface area contributed by atoms with E-state index in [4.69, 9.17) is 0 Å². The molecule has 0 fully saturated rings. The Kier molecular flexibility index (Phi) is 4.52. The Bertz CT molecular complexity index is 348. The van der Waals surface area contributed by atoms with Crippen LogP contribution in [0.5, 0.6) is 0 Å². The van der Waals surface area contributed by atoms with E-state index in [2.05, 4.69) is 17.7 Å². The molecule has 17 heavy (non-hydrogen) atoms. The van der Waals surface area contributed by atoms with Gasteiger partial charge in [-0.25, -0.2) is 0 Å². The monoisotopic (exact) mass is 266 g/mol. The van der Waals surface area contributed by atoms with E-state index in [9.17, 15) is 13.2 Å². The number of rotatable bonds is 5. The molecule has 98 valence electrons. The second-order valence-corrected chi connectivity index (χ2v) is 4.61. The van der Waals surface area contributed by atoms with Crippen LogP contribution in [0.1, 0.15) is 32.3 Å².